The summed E-state index contributed by atoms with van der Waals surface area (Å²) in [6.45, 7) is 1.56. The zero-order chi connectivity index (χ0) is 15.6. The molecule has 0 heterocycles. The molecular formula is C14H12BrF2NO2S. The average Bonchev–Trinajstić information content (AvgIpc) is 2.41. The van der Waals surface area contributed by atoms with Gasteiger partial charge in [-0.2, -0.15) is 0 Å². The summed E-state index contributed by atoms with van der Waals surface area (Å²) < 4.78 is 53.6. The minimum atomic E-state index is -3.73. The molecule has 0 bridgehead atoms. The van der Waals surface area contributed by atoms with Crippen molar-refractivity contribution in [3.05, 3.63) is 64.1 Å². The number of nitrogens with one attached hydrogen (secondary N) is 1. The van der Waals surface area contributed by atoms with E-state index in [4.69, 9.17) is 0 Å². The van der Waals surface area contributed by atoms with Crippen LogP contribution in [0, 0.1) is 11.6 Å². The van der Waals surface area contributed by atoms with Gasteiger partial charge in [0.1, 0.15) is 0 Å². The van der Waals surface area contributed by atoms with Gasteiger partial charge in [0.15, 0.2) is 11.6 Å². The molecule has 2 rings (SSSR count). The van der Waals surface area contributed by atoms with Gasteiger partial charge in [0.2, 0.25) is 10.0 Å². The molecule has 0 aliphatic rings. The number of sulfonamides is 1. The Morgan fingerprint density at radius 2 is 1.67 bits per heavy atom. The zero-order valence-electron chi connectivity index (χ0n) is 11.0. The molecule has 2 aromatic rings. The van der Waals surface area contributed by atoms with Crippen LogP contribution in [-0.2, 0) is 10.0 Å². The van der Waals surface area contributed by atoms with Crippen molar-refractivity contribution in [1.82, 2.24) is 4.72 Å². The Morgan fingerprint density at radius 1 is 1.05 bits per heavy atom. The molecule has 0 saturated carbocycles. The maximum Gasteiger partial charge on any atom is 0.241 e. The minimum absolute atomic E-state index is 0.0973. The van der Waals surface area contributed by atoms with Gasteiger partial charge in [-0.15, -0.1) is 0 Å². The highest BCUT2D eigenvalue weighted by molar-refractivity contribution is 9.10. The molecule has 0 aromatic heterocycles. The molecule has 1 atom stereocenters. The van der Waals surface area contributed by atoms with E-state index in [1.54, 1.807) is 19.1 Å². The fourth-order valence-electron chi connectivity index (χ4n) is 1.76. The van der Waals surface area contributed by atoms with Crippen molar-refractivity contribution in [1.29, 1.82) is 0 Å². The Labute approximate surface area is 130 Å². The number of halogens is 3. The van der Waals surface area contributed by atoms with E-state index >= 15 is 0 Å². The quantitative estimate of drug-likeness (QED) is 0.883. The Hall–Kier alpha value is -1.31. The average molecular weight is 376 g/mol. The molecule has 7 heteroatoms. The van der Waals surface area contributed by atoms with Crippen LogP contribution < -0.4 is 4.72 Å². The number of hydrogen-bond acceptors (Lipinski definition) is 2. The normalized spacial score (nSPS) is 13.1. The molecule has 0 radical (unpaired) electrons. The third kappa shape index (κ3) is 3.87. The summed E-state index contributed by atoms with van der Waals surface area (Å²) in [7, 11) is -3.73. The van der Waals surface area contributed by atoms with Crippen molar-refractivity contribution in [2.45, 2.75) is 17.9 Å². The van der Waals surface area contributed by atoms with Crippen molar-refractivity contribution in [3.63, 3.8) is 0 Å². The van der Waals surface area contributed by atoms with Crippen molar-refractivity contribution in [2.75, 3.05) is 0 Å². The summed E-state index contributed by atoms with van der Waals surface area (Å²) >= 11 is 3.22. The van der Waals surface area contributed by atoms with Crippen LogP contribution >= 0.6 is 15.9 Å². The minimum Gasteiger partial charge on any atom is -0.207 e. The second-order valence-electron chi connectivity index (χ2n) is 4.47. The molecule has 21 heavy (non-hydrogen) atoms. The predicted molar refractivity (Wildman–Crippen MR) is 79.2 cm³/mol. The summed E-state index contributed by atoms with van der Waals surface area (Å²) in [4.78, 5) is 0.0973. The fourth-order valence-corrected chi connectivity index (χ4v) is 3.26. The van der Waals surface area contributed by atoms with Gasteiger partial charge in [-0.25, -0.2) is 21.9 Å². The summed E-state index contributed by atoms with van der Waals surface area (Å²) in [5, 5.41) is 0. The second-order valence-corrected chi connectivity index (χ2v) is 7.10. The molecule has 3 nitrogen and oxygen atoms in total. The molecule has 0 amide bonds. The zero-order valence-corrected chi connectivity index (χ0v) is 13.4. The summed E-state index contributed by atoms with van der Waals surface area (Å²) in [5.41, 5.74) is 0.342. The monoisotopic (exact) mass is 375 g/mol. The Bertz CT molecular complexity index is 748. The Balaban J connectivity index is 2.23. The molecule has 0 unspecified atom stereocenters. The van der Waals surface area contributed by atoms with Crippen LogP contribution in [0.25, 0.3) is 0 Å². The van der Waals surface area contributed by atoms with Crippen molar-refractivity contribution >= 4 is 26.0 Å². The van der Waals surface area contributed by atoms with Crippen LogP contribution in [0.15, 0.2) is 51.8 Å². The van der Waals surface area contributed by atoms with E-state index in [2.05, 4.69) is 20.7 Å². The lowest BCUT2D eigenvalue weighted by Gasteiger charge is -2.15. The van der Waals surface area contributed by atoms with Gasteiger partial charge in [0.05, 0.1) is 4.90 Å². The highest BCUT2D eigenvalue weighted by Crippen LogP contribution is 2.20. The van der Waals surface area contributed by atoms with Gasteiger partial charge in [-0.1, -0.05) is 22.0 Å². The van der Waals surface area contributed by atoms with Gasteiger partial charge in [0.25, 0.3) is 0 Å². The first kappa shape index (κ1) is 16.1. The van der Waals surface area contributed by atoms with Gasteiger partial charge in [-0.3, -0.25) is 0 Å². The maximum atomic E-state index is 13.2. The Kier molecular flexibility index (Phi) is 4.75. The molecule has 0 aliphatic heterocycles. The van der Waals surface area contributed by atoms with E-state index in [0.29, 0.717) is 5.56 Å². The predicted octanol–water partition coefficient (Wildman–Crippen LogP) is 3.77. The Morgan fingerprint density at radius 3 is 2.24 bits per heavy atom. The van der Waals surface area contributed by atoms with Crippen LogP contribution in [0.3, 0.4) is 0 Å². The molecule has 0 fully saturated rings. The lowest BCUT2D eigenvalue weighted by Crippen LogP contribution is -2.27. The standard InChI is InChI=1S/C14H12BrF2NO2S/c1-9(10-2-7-13(16)14(17)8-10)18-21(19,20)12-5-3-11(15)4-6-12/h2-9,18H,1H3/t9-/m1/s1. The van der Waals surface area contributed by atoms with E-state index < -0.39 is 27.7 Å². The van der Waals surface area contributed by atoms with Crippen molar-refractivity contribution < 1.29 is 17.2 Å². The number of benzene rings is 2. The smallest absolute Gasteiger partial charge is 0.207 e. The topological polar surface area (TPSA) is 46.2 Å². The number of rotatable bonds is 4. The van der Waals surface area contributed by atoms with Gasteiger partial charge in [-0.05, 0) is 48.9 Å². The van der Waals surface area contributed by atoms with E-state index in [9.17, 15) is 17.2 Å². The summed E-state index contributed by atoms with van der Waals surface area (Å²) in [6.07, 6.45) is 0. The van der Waals surface area contributed by atoms with Crippen LogP contribution in [0.5, 0.6) is 0 Å². The largest absolute Gasteiger partial charge is 0.241 e. The van der Waals surface area contributed by atoms with E-state index in [0.717, 1.165) is 16.6 Å². The van der Waals surface area contributed by atoms with Gasteiger partial charge in [0, 0.05) is 10.5 Å². The first-order valence-electron chi connectivity index (χ1n) is 6.02. The third-order valence-corrected chi connectivity index (χ3v) is 4.98. The highest BCUT2D eigenvalue weighted by Gasteiger charge is 2.19. The van der Waals surface area contributed by atoms with Crippen LogP contribution in [-0.4, -0.2) is 8.42 Å². The second kappa shape index (κ2) is 6.21. The molecular weight excluding hydrogens is 364 g/mol. The lowest BCUT2D eigenvalue weighted by atomic mass is 10.1. The first-order chi connectivity index (χ1) is 9.79. The van der Waals surface area contributed by atoms with Crippen LogP contribution in [0.2, 0.25) is 0 Å². The molecule has 0 saturated heterocycles. The lowest BCUT2D eigenvalue weighted by molar-refractivity contribution is 0.504. The molecule has 1 N–H and O–H groups in total. The van der Waals surface area contributed by atoms with E-state index in [1.807, 2.05) is 0 Å². The van der Waals surface area contributed by atoms with Gasteiger partial charge >= 0.3 is 0 Å². The van der Waals surface area contributed by atoms with E-state index in [-0.39, 0.29) is 4.90 Å². The third-order valence-electron chi connectivity index (χ3n) is 2.90. The number of hydrogen-bond donors (Lipinski definition) is 1. The maximum absolute atomic E-state index is 13.2. The summed E-state index contributed by atoms with van der Waals surface area (Å²) in [6, 6.07) is 8.71. The van der Waals surface area contributed by atoms with Crippen molar-refractivity contribution in [3.8, 4) is 0 Å². The van der Waals surface area contributed by atoms with Gasteiger partial charge < -0.3 is 0 Å². The summed E-state index contributed by atoms with van der Waals surface area (Å²) in [5.74, 6) is -1.98. The van der Waals surface area contributed by atoms with Crippen LogP contribution in [0.4, 0.5) is 8.78 Å². The molecule has 0 spiro atoms. The fraction of sp³-hybridized carbons (Fsp3) is 0.143. The van der Waals surface area contributed by atoms with Crippen molar-refractivity contribution in [2.24, 2.45) is 0 Å². The highest BCUT2D eigenvalue weighted by atomic mass is 79.9. The first-order valence-corrected chi connectivity index (χ1v) is 8.30. The molecule has 0 aliphatic carbocycles. The molecule has 112 valence electrons. The van der Waals surface area contributed by atoms with Crippen LogP contribution in [0.1, 0.15) is 18.5 Å². The molecule has 2 aromatic carbocycles. The SMILES string of the molecule is C[C@@H](NS(=O)(=O)c1ccc(Br)cc1)c1ccc(F)c(F)c1. The van der Waals surface area contributed by atoms with E-state index in [1.165, 1.54) is 18.2 Å².